The van der Waals surface area contributed by atoms with Gasteiger partial charge >= 0.3 is 5.97 Å². The standard InChI is InChI=1S/C15H16Cl2N2O2/c1-9(20)21-7-10-2-3-11(4-10)19-8-18-14-5-12(16)13(17)6-15(14)19/h5-6,8,10-11H,2-4,7H2,1H3/t10-,11-/m1/s1. The van der Waals surface area contributed by atoms with Crippen LogP contribution in [0.3, 0.4) is 0 Å². The quantitative estimate of drug-likeness (QED) is 0.792. The van der Waals surface area contributed by atoms with Crippen molar-refractivity contribution in [2.75, 3.05) is 6.61 Å². The molecule has 0 aliphatic heterocycles. The summed E-state index contributed by atoms with van der Waals surface area (Å²) < 4.78 is 7.27. The summed E-state index contributed by atoms with van der Waals surface area (Å²) in [4.78, 5) is 15.3. The van der Waals surface area contributed by atoms with Gasteiger partial charge in [-0.1, -0.05) is 23.2 Å². The molecule has 2 atom stereocenters. The van der Waals surface area contributed by atoms with E-state index in [9.17, 15) is 4.79 Å². The van der Waals surface area contributed by atoms with Gasteiger partial charge in [-0.2, -0.15) is 0 Å². The van der Waals surface area contributed by atoms with Gasteiger partial charge in [0.1, 0.15) is 0 Å². The fourth-order valence-electron chi connectivity index (χ4n) is 3.00. The Balaban J connectivity index is 1.79. The topological polar surface area (TPSA) is 44.1 Å². The van der Waals surface area contributed by atoms with E-state index in [0.717, 1.165) is 30.3 Å². The van der Waals surface area contributed by atoms with Gasteiger partial charge < -0.3 is 9.30 Å². The number of hydrogen-bond acceptors (Lipinski definition) is 3. The molecule has 1 aromatic heterocycles. The van der Waals surface area contributed by atoms with Gasteiger partial charge in [-0.25, -0.2) is 4.98 Å². The normalized spacial score (nSPS) is 21.9. The van der Waals surface area contributed by atoms with E-state index in [1.54, 1.807) is 6.07 Å². The van der Waals surface area contributed by atoms with Crippen LogP contribution in [0.4, 0.5) is 0 Å². The molecule has 0 bridgehead atoms. The van der Waals surface area contributed by atoms with E-state index in [1.807, 2.05) is 12.4 Å². The molecule has 2 aromatic rings. The number of carbonyl (C=O) groups excluding carboxylic acids is 1. The Labute approximate surface area is 133 Å². The highest BCUT2D eigenvalue weighted by molar-refractivity contribution is 6.42. The van der Waals surface area contributed by atoms with Crippen LogP contribution < -0.4 is 0 Å². The van der Waals surface area contributed by atoms with Crippen molar-refractivity contribution in [1.82, 2.24) is 9.55 Å². The van der Waals surface area contributed by atoms with E-state index >= 15 is 0 Å². The van der Waals surface area contributed by atoms with Gasteiger partial charge in [0.15, 0.2) is 0 Å². The fraction of sp³-hybridized carbons (Fsp3) is 0.467. The average Bonchev–Trinajstić information content (AvgIpc) is 3.03. The first-order valence-electron chi connectivity index (χ1n) is 6.99. The van der Waals surface area contributed by atoms with Crippen molar-refractivity contribution in [3.05, 3.63) is 28.5 Å². The van der Waals surface area contributed by atoms with E-state index in [4.69, 9.17) is 27.9 Å². The third kappa shape index (κ3) is 3.01. The zero-order valence-corrected chi connectivity index (χ0v) is 13.2. The Morgan fingerprint density at radius 3 is 2.90 bits per heavy atom. The number of ether oxygens (including phenoxy) is 1. The van der Waals surface area contributed by atoms with Crippen LogP contribution in [0.5, 0.6) is 0 Å². The number of imidazole rings is 1. The number of aromatic nitrogens is 2. The zero-order chi connectivity index (χ0) is 15.0. The second-order valence-corrected chi connectivity index (χ2v) is 6.36. The number of carbonyl (C=O) groups is 1. The van der Waals surface area contributed by atoms with Crippen LogP contribution in [0, 0.1) is 5.92 Å². The molecule has 6 heteroatoms. The second-order valence-electron chi connectivity index (χ2n) is 5.54. The molecule has 0 spiro atoms. The molecule has 0 amide bonds. The minimum atomic E-state index is -0.215. The Morgan fingerprint density at radius 2 is 2.14 bits per heavy atom. The van der Waals surface area contributed by atoms with Crippen LogP contribution >= 0.6 is 23.2 Å². The Hall–Kier alpha value is -1.26. The van der Waals surface area contributed by atoms with Crippen molar-refractivity contribution in [3.8, 4) is 0 Å². The summed E-state index contributed by atoms with van der Waals surface area (Å²) in [6.07, 6.45) is 4.94. The molecule has 21 heavy (non-hydrogen) atoms. The number of fused-ring (bicyclic) bond motifs is 1. The maximum atomic E-state index is 10.9. The molecular formula is C15H16Cl2N2O2. The molecule has 0 N–H and O–H groups in total. The van der Waals surface area contributed by atoms with Crippen molar-refractivity contribution in [2.45, 2.75) is 32.2 Å². The number of nitrogens with zero attached hydrogens (tertiary/aromatic N) is 2. The first kappa shape index (κ1) is 14.7. The minimum Gasteiger partial charge on any atom is -0.466 e. The monoisotopic (exact) mass is 326 g/mol. The molecule has 0 unspecified atom stereocenters. The van der Waals surface area contributed by atoms with Crippen LogP contribution in [0.25, 0.3) is 11.0 Å². The summed E-state index contributed by atoms with van der Waals surface area (Å²) >= 11 is 12.1. The fourth-order valence-corrected chi connectivity index (χ4v) is 3.32. The Morgan fingerprint density at radius 1 is 1.38 bits per heavy atom. The zero-order valence-electron chi connectivity index (χ0n) is 11.7. The van der Waals surface area contributed by atoms with E-state index in [-0.39, 0.29) is 5.97 Å². The summed E-state index contributed by atoms with van der Waals surface area (Å²) in [6, 6.07) is 4.03. The molecule has 0 saturated heterocycles. The average molecular weight is 327 g/mol. The number of halogens is 2. The van der Waals surface area contributed by atoms with Crippen LogP contribution in [-0.4, -0.2) is 22.1 Å². The maximum absolute atomic E-state index is 10.9. The van der Waals surface area contributed by atoms with Gasteiger partial charge in [-0.15, -0.1) is 0 Å². The lowest BCUT2D eigenvalue weighted by Gasteiger charge is -2.14. The lowest BCUT2D eigenvalue weighted by atomic mass is 10.1. The summed E-state index contributed by atoms with van der Waals surface area (Å²) in [5.41, 5.74) is 1.86. The summed E-state index contributed by atoms with van der Waals surface area (Å²) in [6.45, 7) is 1.95. The van der Waals surface area contributed by atoms with Crippen molar-refractivity contribution in [1.29, 1.82) is 0 Å². The van der Waals surface area contributed by atoms with Crippen molar-refractivity contribution < 1.29 is 9.53 Å². The molecule has 1 fully saturated rings. The molecule has 1 aromatic carbocycles. The lowest BCUT2D eigenvalue weighted by molar-refractivity contribution is -0.142. The number of rotatable bonds is 3. The predicted molar refractivity (Wildman–Crippen MR) is 82.8 cm³/mol. The van der Waals surface area contributed by atoms with Crippen molar-refractivity contribution in [2.24, 2.45) is 5.92 Å². The SMILES string of the molecule is CC(=O)OC[C@@H]1CC[C@@H](n2cnc3cc(Cl)c(Cl)cc32)C1. The van der Waals surface area contributed by atoms with E-state index in [1.165, 1.54) is 6.92 Å². The van der Waals surface area contributed by atoms with Crippen molar-refractivity contribution in [3.63, 3.8) is 0 Å². The van der Waals surface area contributed by atoms with Gasteiger partial charge in [-0.05, 0) is 37.3 Å². The number of esters is 1. The third-order valence-electron chi connectivity index (χ3n) is 4.05. The smallest absolute Gasteiger partial charge is 0.302 e. The van der Waals surface area contributed by atoms with Crippen molar-refractivity contribution >= 4 is 40.2 Å². The highest BCUT2D eigenvalue weighted by atomic mass is 35.5. The third-order valence-corrected chi connectivity index (χ3v) is 4.77. The predicted octanol–water partition coefficient (Wildman–Crippen LogP) is 4.25. The number of benzene rings is 1. The number of hydrogen-bond donors (Lipinski definition) is 0. The van der Waals surface area contributed by atoms with Gasteiger partial charge in [-0.3, -0.25) is 4.79 Å². The van der Waals surface area contributed by atoms with E-state index in [0.29, 0.717) is 28.6 Å². The van der Waals surface area contributed by atoms with Crippen LogP contribution in [0.2, 0.25) is 10.0 Å². The molecule has 3 rings (SSSR count). The Kier molecular flexibility index (Phi) is 4.09. The van der Waals surface area contributed by atoms with Crippen LogP contribution in [0.1, 0.15) is 32.2 Å². The summed E-state index contributed by atoms with van der Waals surface area (Å²) in [5.74, 6) is 0.201. The summed E-state index contributed by atoms with van der Waals surface area (Å²) in [5, 5.41) is 1.06. The lowest BCUT2D eigenvalue weighted by Crippen LogP contribution is -2.10. The molecule has 1 aliphatic carbocycles. The molecule has 1 heterocycles. The van der Waals surface area contributed by atoms with E-state index < -0.39 is 0 Å². The molecule has 0 radical (unpaired) electrons. The first-order valence-corrected chi connectivity index (χ1v) is 7.75. The largest absolute Gasteiger partial charge is 0.466 e. The maximum Gasteiger partial charge on any atom is 0.302 e. The molecule has 4 nitrogen and oxygen atoms in total. The summed E-state index contributed by atoms with van der Waals surface area (Å²) in [7, 11) is 0. The van der Waals surface area contributed by atoms with Gasteiger partial charge in [0.25, 0.3) is 0 Å². The van der Waals surface area contributed by atoms with Crippen LogP contribution in [0.15, 0.2) is 18.5 Å². The Bertz CT molecular complexity index is 684. The highest BCUT2D eigenvalue weighted by Crippen LogP contribution is 2.37. The first-order chi connectivity index (χ1) is 10.0. The van der Waals surface area contributed by atoms with Gasteiger partial charge in [0.05, 0.1) is 34.0 Å². The second kappa shape index (κ2) is 5.85. The molecular weight excluding hydrogens is 311 g/mol. The molecule has 1 saturated carbocycles. The molecule has 1 aliphatic rings. The minimum absolute atomic E-state index is 0.215. The van der Waals surface area contributed by atoms with Gasteiger partial charge in [0, 0.05) is 13.0 Å². The van der Waals surface area contributed by atoms with Gasteiger partial charge in [0.2, 0.25) is 0 Å². The highest BCUT2D eigenvalue weighted by Gasteiger charge is 2.27. The van der Waals surface area contributed by atoms with E-state index in [2.05, 4.69) is 9.55 Å². The van der Waals surface area contributed by atoms with Crippen LogP contribution in [-0.2, 0) is 9.53 Å². The molecule has 112 valence electrons.